The first-order valence-electron chi connectivity index (χ1n) is 16.8. The molecule has 4 aliphatic heterocycles. The summed E-state index contributed by atoms with van der Waals surface area (Å²) in [6.45, 7) is 5.93. The Balaban J connectivity index is 1.25. The third-order valence-corrected chi connectivity index (χ3v) is 10.9. The van der Waals surface area contributed by atoms with Gasteiger partial charge in [0.15, 0.2) is 11.6 Å². The number of nitrogens with two attached hydrogens (primary N) is 1. The summed E-state index contributed by atoms with van der Waals surface area (Å²) in [6, 6.07) is 0.623. The highest BCUT2D eigenvalue weighted by atomic mass is 19.4. The minimum Gasteiger partial charge on any atom is -0.472 e. The lowest BCUT2D eigenvalue weighted by Crippen LogP contribution is -2.62. The van der Waals surface area contributed by atoms with Crippen molar-refractivity contribution in [2.75, 3.05) is 43.4 Å². The van der Waals surface area contributed by atoms with Crippen LogP contribution in [0.1, 0.15) is 56.6 Å². The maximum absolute atomic E-state index is 16.8. The summed E-state index contributed by atoms with van der Waals surface area (Å²) in [5.41, 5.74) is 1.67. The van der Waals surface area contributed by atoms with Crippen LogP contribution in [0.25, 0.3) is 22.2 Å². The van der Waals surface area contributed by atoms with Gasteiger partial charge in [0.1, 0.15) is 28.5 Å². The number of piperazine rings is 1. The highest BCUT2D eigenvalue weighted by Crippen LogP contribution is 2.49. The van der Waals surface area contributed by atoms with Crippen LogP contribution in [-0.4, -0.2) is 76.9 Å². The highest BCUT2D eigenvalue weighted by molar-refractivity contribution is 5.97. The van der Waals surface area contributed by atoms with Crippen molar-refractivity contribution in [2.45, 2.75) is 82.8 Å². The monoisotopic (exact) mass is 689 g/mol. The smallest absolute Gasteiger partial charge is 0.417 e. The largest absolute Gasteiger partial charge is 0.472 e. The Morgan fingerprint density at radius 3 is 2.57 bits per heavy atom. The van der Waals surface area contributed by atoms with Crippen LogP contribution in [0.3, 0.4) is 0 Å². The molecule has 1 aromatic carbocycles. The Bertz CT molecular complexity index is 1860. The Hall–Kier alpha value is -3.85. The summed E-state index contributed by atoms with van der Waals surface area (Å²) in [7, 11) is 0. The Morgan fingerprint density at radius 1 is 1.12 bits per heavy atom. The van der Waals surface area contributed by atoms with Crippen LogP contribution in [0.15, 0.2) is 18.0 Å². The number of pyridine rings is 1. The second kappa shape index (κ2) is 11.6. The topological polar surface area (TPSA) is 102 Å². The zero-order valence-corrected chi connectivity index (χ0v) is 27.1. The molecule has 262 valence electrons. The van der Waals surface area contributed by atoms with Gasteiger partial charge in [0.05, 0.1) is 35.8 Å². The van der Waals surface area contributed by atoms with E-state index in [0.29, 0.717) is 31.5 Å². The van der Waals surface area contributed by atoms with E-state index in [1.807, 2.05) is 11.8 Å². The first-order valence-corrected chi connectivity index (χ1v) is 16.8. The lowest BCUT2D eigenvalue weighted by atomic mass is 9.96. The van der Waals surface area contributed by atoms with Crippen molar-refractivity contribution >= 4 is 22.4 Å². The number of anilines is 2. The second-order valence-electron chi connectivity index (χ2n) is 14.3. The molecule has 3 N–H and O–H groups in total. The zero-order chi connectivity index (χ0) is 34.4. The number of alkyl halides is 3. The summed E-state index contributed by atoms with van der Waals surface area (Å²) >= 11 is 0. The van der Waals surface area contributed by atoms with Crippen molar-refractivity contribution in [1.29, 1.82) is 0 Å². The summed E-state index contributed by atoms with van der Waals surface area (Å²) in [5, 5.41) is 3.69. The van der Waals surface area contributed by atoms with Gasteiger partial charge < -0.3 is 30.3 Å². The standard InChI is InChI=1S/C34H37F6N7O2/c1-16-11-20(41)25(36)22(24(16)34(38,39)40)27-26(37)28-23-30(47-13-19-3-4-21(42-19)29(47)17(2)49-31(23)43-27)45-32(44-28)48-15-33(7-8-33)14-46-9-5-18(12-35)6-10-46/h11-12,17,19,21,29,42H,3-10,13-15,41H2,1-2H3/t17-,19+,21-,29+/m0/s1. The number of rotatable bonds is 6. The fourth-order valence-corrected chi connectivity index (χ4v) is 8.25. The molecule has 0 unspecified atom stereocenters. The first kappa shape index (κ1) is 32.4. The second-order valence-corrected chi connectivity index (χ2v) is 14.3. The van der Waals surface area contributed by atoms with Gasteiger partial charge >= 0.3 is 12.2 Å². The molecule has 49 heavy (non-hydrogen) atoms. The van der Waals surface area contributed by atoms with Gasteiger partial charge in [-0.1, -0.05) is 0 Å². The van der Waals surface area contributed by atoms with E-state index < -0.39 is 46.4 Å². The molecule has 2 aromatic heterocycles. The number of nitrogens with zero attached hydrogens (tertiary/aromatic N) is 5. The Labute approximate surface area is 278 Å². The van der Waals surface area contributed by atoms with Crippen molar-refractivity contribution in [1.82, 2.24) is 25.2 Å². The fourth-order valence-electron chi connectivity index (χ4n) is 8.25. The molecule has 15 heteroatoms. The van der Waals surface area contributed by atoms with Crippen molar-refractivity contribution in [3.05, 3.63) is 40.7 Å². The van der Waals surface area contributed by atoms with Crippen LogP contribution in [0, 0.1) is 24.0 Å². The maximum Gasteiger partial charge on any atom is 0.417 e. The fraction of sp³-hybridized carbons (Fsp3) is 0.559. The van der Waals surface area contributed by atoms with Crippen molar-refractivity contribution < 1.29 is 35.8 Å². The molecule has 4 atom stereocenters. The molecular weight excluding hydrogens is 652 g/mol. The van der Waals surface area contributed by atoms with E-state index in [0.717, 1.165) is 63.9 Å². The van der Waals surface area contributed by atoms with Crippen LogP contribution in [0.5, 0.6) is 11.9 Å². The van der Waals surface area contributed by atoms with E-state index in [1.54, 1.807) is 0 Å². The number of fused-ring (bicyclic) bond motifs is 5. The Morgan fingerprint density at radius 2 is 1.88 bits per heavy atom. The number of hydrogen-bond donors (Lipinski definition) is 2. The number of ether oxygens (including phenoxy) is 2. The number of aromatic nitrogens is 3. The number of benzene rings is 1. The van der Waals surface area contributed by atoms with Crippen LogP contribution < -0.4 is 25.4 Å². The number of nitrogen functional groups attached to an aromatic ring is 1. The van der Waals surface area contributed by atoms with Crippen LogP contribution in [0.2, 0.25) is 0 Å². The molecule has 3 aromatic rings. The molecule has 5 aliphatic rings. The minimum atomic E-state index is -5.05. The molecule has 4 fully saturated rings. The van der Waals surface area contributed by atoms with E-state index in [-0.39, 0.29) is 58.5 Å². The molecule has 1 saturated carbocycles. The van der Waals surface area contributed by atoms with E-state index >= 15 is 8.78 Å². The molecule has 3 saturated heterocycles. The van der Waals surface area contributed by atoms with Crippen LogP contribution in [-0.2, 0) is 6.18 Å². The summed E-state index contributed by atoms with van der Waals surface area (Å²) in [6.07, 6.45) is 0.00659. The van der Waals surface area contributed by atoms with Crippen LogP contribution in [0.4, 0.5) is 37.8 Å². The summed E-state index contributed by atoms with van der Waals surface area (Å²) in [4.78, 5) is 17.8. The van der Waals surface area contributed by atoms with E-state index in [4.69, 9.17) is 20.2 Å². The number of piperidine rings is 1. The SMILES string of the molecule is Cc1cc(N)c(F)c(-c2nc3c4c(nc(OCC5(CN6CCC(=CF)CC6)CC5)nc4c2F)N2C[C@H]4CC[C@H](N4)[C@H]2[C@H](C)O3)c1C(F)(F)F. The maximum atomic E-state index is 16.8. The predicted molar refractivity (Wildman–Crippen MR) is 170 cm³/mol. The molecule has 2 bridgehead atoms. The van der Waals surface area contributed by atoms with Gasteiger partial charge in [-0.3, -0.25) is 0 Å². The molecule has 0 radical (unpaired) electrons. The molecule has 1 aliphatic carbocycles. The molecule has 8 rings (SSSR count). The molecule has 0 spiro atoms. The quantitative estimate of drug-likeness (QED) is 0.236. The Kier molecular flexibility index (Phi) is 7.67. The van der Waals surface area contributed by atoms with Crippen molar-refractivity contribution in [2.24, 2.45) is 5.41 Å². The summed E-state index contributed by atoms with van der Waals surface area (Å²) in [5.74, 6) is -2.58. The van der Waals surface area contributed by atoms with E-state index in [1.165, 1.54) is 0 Å². The van der Waals surface area contributed by atoms with Gasteiger partial charge in [-0.2, -0.15) is 23.1 Å². The van der Waals surface area contributed by atoms with Gasteiger partial charge in [0.25, 0.3) is 0 Å². The molecule has 6 heterocycles. The minimum absolute atomic E-state index is 0.0136. The van der Waals surface area contributed by atoms with Gasteiger partial charge in [0, 0.05) is 43.7 Å². The third kappa shape index (κ3) is 5.53. The average Bonchev–Trinajstić information content (AvgIpc) is 3.75. The van der Waals surface area contributed by atoms with Crippen molar-refractivity contribution in [3.63, 3.8) is 0 Å². The lowest BCUT2D eigenvalue weighted by molar-refractivity contribution is -0.137. The normalized spacial score (nSPS) is 26.0. The summed E-state index contributed by atoms with van der Waals surface area (Å²) < 4.78 is 101. The number of hydrogen-bond acceptors (Lipinski definition) is 9. The van der Waals surface area contributed by atoms with E-state index in [9.17, 15) is 17.6 Å². The van der Waals surface area contributed by atoms with Crippen molar-refractivity contribution in [3.8, 4) is 23.1 Å². The van der Waals surface area contributed by atoms with Gasteiger partial charge in [-0.05, 0) is 69.6 Å². The van der Waals surface area contributed by atoms with Gasteiger partial charge in [-0.25, -0.2) is 18.2 Å². The first-order chi connectivity index (χ1) is 23.4. The molecule has 0 amide bonds. The number of likely N-dealkylation sites (tertiary alicyclic amines) is 1. The highest BCUT2D eigenvalue weighted by Gasteiger charge is 2.49. The van der Waals surface area contributed by atoms with E-state index in [2.05, 4.69) is 20.2 Å². The zero-order valence-electron chi connectivity index (χ0n) is 27.1. The predicted octanol–water partition coefficient (Wildman–Crippen LogP) is 6.08. The lowest BCUT2D eigenvalue weighted by Gasteiger charge is -2.42. The number of halogens is 6. The average molecular weight is 690 g/mol. The number of aryl methyl sites for hydroxylation is 1. The number of nitrogens with one attached hydrogen (secondary N) is 1. The van der Waals surface area contributed by atoms with Gasteiger partial charge in [0.2, 0.25) is 5.88 Å². The molecule has 9 nitrogen and oxygen atoms in total. The third-order valence-electron chi connectivity index (χ3n) is 10.9. The molecular formula is C34H37F6N7O2. The van der Waals surface area contributed by atoms with Crippen LogP contribution >= 0.6 is 0 Å². The van der Waals surface area contributed by atoms with Gasteiger partial charge in [-0.15, -0.1) is 0 Å².